The Morgan fingerprint density at radius 2 is 1.93 bits per heavy atom. The monoisotopic (exact) mass is 211 g/mol. The molecule has 0 rings (SSSR count). The van der Waals surface area contributed by atoms with Crippen LogP contribution in [-0.2, 0) is 0 Å². The van der Waals surface area contributed by atoms with Gasteiger partial charge in [0.1, 0.15) is 0 Å². The molecule has 1 N–H and O–H groups in total. The van der Waals surface area contributed by atoms with Gasteiger partial charge >= 0.3 is 0 Å². The second-order valence-corrected chi connectivity index (χ2v) is 3.80. The van der Waals surface area contributed by atoms with Crippen LogP contribution >= 0.6 is 0 Å². The van der Waals surface area contributed by atoms with Crippen LogP contribution in [0.5, 0.6) is 0 Å². The molecule has 3 heteroatoms. The van der Waals surface area contributed by atoms with Crippen LogP contribution in [0.15, 0.2) is 0 Å². The topological polar surface area (TPSA) is 39.1 Å². The summed E-state index contributed by atoms with van der Waals surface area (Å²) >= 11 is 0. The standard InChI is InChI=1S/C12H25N3/c1-4-7-8-12(11-13)14-9-10-15(5-2)6-3/h12,14H,4-10H2,1-3H3. The lowest BCUT2D eigenvalue weighted by molar-refractivity contribution is 0.298. The van der Waals surface area contributed by atoms with E-state index < -0.39 is 0 Å². The highest BCUT2D eigenvalue weighted by Crippen LogP contribution is 1.99. The van der Waals surface area contributed by atoms with Gasteiger partial charge in [0.2, 0.25) is 0 Å². The molecule has 0 bridgehead atoms. The van der Waals surface area contributed by atoms with Gasteiger partial charge in [0.25, 0.3) is 0 Å². The Labute approximate surface area is 94.5 Å². The maximum absolute atomic E-state index is 8.91. The number of hydrogen-bond donors (Lipinski definition) is 1. The van der Waals surface area contributed by atoms with E-state index in [0.717, 1.165) is 45.4 Å². The maximum Gasteiger partial charge on any atom is 0.0953 e. The fourth-order valence-corrected chi connectivity index (χ4v) is 1.56. The van der Waals surface area contributed by atoms with E-state index in [-0.39, 0.29) is 6.04 Å². The first kappa shape index (κ1) is 14.4. The van der Waals surface area contributed by atoms with Crippen LogP contribution in [0.4, 0.5) is 0 Å². The number of nitriles is 1. The Morgan fingerprint density at radius 3 is 2.40 bits per heavy atom. The molecule has 0 aromatic heterocycles. The lowest BCUT2D eigenvalue weighted by Gasteiger charge is -2.19. The van der Waals surface area contributed by atoms with Gasteiger partial charge in [-0.1, -0.05) is 33.6 Å². The molecule has 3 nitrogen and oxygen atoms in total. The maximum atomic E-state index is 8.91. The summed E-state index contributed by atoms with van der Waals surface area (Å²) in [6.45, 7) is 10.6. The highest BCUT2D eigenvalue weighted by atomic mass is 15.1. The van der Waals surface area contributed by atoms with Crippen LogP contribution in [0.3, 0.4) is 0 Å². The summed E-state index contributed by atoms with van der Waals surface area (Å²) in [6.07, 6.45) is 3.28. The van der Waals surface area contributed by atoms with Crippen molar-refractivity contribution in [2.24, 2.45) is 0 Å². The van der Waals surface area contributed by atoms with Gasteiger partial charge in [0.05, 0.1) is 12.1 Å². The van der Waals surface area contributed by atoms with E-state index in [1.165, 1.54) is 0 Å². The van der Waals surface area contributed by atoms with Crippen LogP contribution in [0.25, 0.3) is 0 Å². The zero-order chi connectivity index (χ0) is 11.5. The van der Waals surface area contributed by atoms with Crippen molar-refractivity contribution < 1.29 is 0 Å². The first-order valence-corrected chi connectivity index (χ1v) is 6.13. The molecule has 0 aromatic rings. The normalized spacial score (nSPS) is 12.7. The van der Waals surface area contributed by atoms with Gasteiger partial charge in [-0.05, 0) is 19.5 Å². The third-order valence-corrected chi connectivity index (χ3v) is 2.72. The van der Waals surface area contributed by atoms with Gasteiger partial charge in [-0.3, -0.25) is 0 Å². The highest BCUT2D eigenvalue weighted by molar-refractivity contribution is 4.89. The van der Waals surface area contributed by atoms with Crippen molar-refractivity contribution >= 4 is 0 Å². The molecule has 0 aliphatic rings. The Balaban J connectivity index is 3.58. The van der Waals surface area contributed by atoms with Gasteiger partial charge < -0.3 is 10.2 Å². The first-order chi connectivity index (χ1) is 7.28. The number of unbranched alkanes of at least 4 members (excludes halogenated alkanes) is 1. The number of hydrogen-bond acceptors (Lipinski definition) is 3. The third kappa shape index (κ3) is 7.35. The SMILES string of the molecule is CCCCC(C#N)NCCN(CC)CC. The number of likely N-dealkylation sites (N-methyl/N-ethyl adjacent to an activating group) is 1. The molecule has 88 valence electrons. The summed E-state index contributed by atoms with van der Waals surface area (Å²) in [5.41, 5.74) is 0. The predicted molar refractivity (Wildman–Crippen MR) is 64.7 cm³/mol. The summed E-state index contributed by atoms with van der Waals surface area (Å²) in [5, 5.41) is 12.2. The van der Waals surface area contributed by atoms with Crippen LogP contribution in [0.1, 0.15) is 40.0 Å². The molecule has 0 aliphatic heterocycles. The molecule has 0 radical (unpaired) electrons. The zero-order valence-corrected chi connectivity index (χ0v) is 10.4. The lowest BCUT2D eigenvalue weighted by atomic mass is 10.1. The van der Waals surface area contributed by atoms with Crippen molar-refractivity contribution in [3.8, 4) is 6.07 Å². The summed E-state index contributed by atoms with van der Waals surface area (Å²) in [4.78, 5) is 2.36. The van der Waals surface area contributed by atoms with Gasteiger partial charge in [0, 0.05) is 13.1 Å². The molecular formula is C12H25N3. The molecule has 1 unspecified atom stereocenters. The fraction of sp³-hybridized carbons (Fsp3) is 0.917. The zero-order valence-electron chi connectivity index (χ0n) is 10.4. The number of nitrogens with zero attached hydrogens (tertiary/aromatic N) is 2. The third-order valence-electron chi connectivity index (χ3n) is 2.72. The summed E-state index contributed by atoms with van der Waals surface area (Å²) in [6, 6.07) is 2.36. The second-order valence-electron chi connectivity index (χ2n) is 3.80. The van der Waals surface area contributed by atoms with Crippen LogP contribution in [0.2, 0.25) is 0 Å². The van der Waals surface area contributed by atoms with E-state index in [2.05, 4.69) is 37.1 Å². The molecule has 0 aromatic carbocycles. The Bertz CT molecular complexity index is 170. The van der Waals surface area contributed by atoms with Crippen molar-refractivity contribution in [3.05, 3.63) is 0 Å². The molecule has 0 amide bonds. The highest BCUT2D eigenvalue weighted by Gasteiger charge is 2.05. The Hall–Kier alpha value is -0.590. The van der Waals surface area contributed by atoms with E-state index in [4.69, 9.17) is 5.26 Å². The average Bonchev–Trinajstić information content (AvgIpc) is 2.28. The average molecular weight is 211 g/mol. The predicted octanol–water partition coefficient (Wildman–Crippen LogP) is 2.00. The first-order valence-electron chi connectivity index (χ1n) is 6.13. The molecule has 0 aliphatic carbocycles. The summed E-state index contributed by atoms with van der Waals surface area (Å²) < 4.78 is 0. The summed E-state index contributed by atoms with van der Waals surface area (Å²) in [7, 11) is 0. The largest absolute Gasteiger partial charge is 0.303 e. The lowest BCUT2D eigenvalue weighted by Crippen LogP contribution is -2.36. The smallest absolute Gasteiger partial charge is 0.0953 e. The van der Waals surface area contributed by atoms with Gasteiger partial charge in [-0.2, -0.15) is 5.26 Å². The van der Waals surface area contributed by atoms with E-state index in [1.807, 2.05) is 0 Å². The molecule has 0 saturated heterocycles. The Kier molecular flexibility index (Phi) is 9.55. The quantitative estimate of drug-likeness (QED) is 0.634. The molecule has 0 saturated carbocycles. The van der Waals surface area contributed by atoms with Crippen molar-refractivity contribution in [3.63, 3.8) is 0 Å². The second kappa shape index (κ2) is 9.95. The van der Waals surface area contributed by atoms with E-state index in [0.29, 0.717) is 0 Å². The minimum absolute atomic E-state index is 0.0421. The molecule has 0 heterocycles. The minimum Gasteiger partial charge on any atom is -0.303 e. The fourth-order valence-electron chi connectivity index (χ4n) is 1.56. The van der Waals surface area contributed by atoms with Crippen LogP contribution in [-0.4, -0.2) is 37.1 Å². The molecule has 0 spiro atoms. The Morgan fingerprint density at radius 1 is 1.27 bits per heavy atom. The molecular weight excluding hydrogens is 186 g/mol. The minimum atomic E-state index is 0.0421. The van der Waals surface area contributed by atoms with Gasteiger partial charge in [0.15, 0.2) is 0 Å². The summed E-state index contributed by atoms with van der Waals surface area (Å²) in [5.74, 6) is 0. The van der Waals surface area contributed by atoms with Crippen molar-refractivity contribution in [2.45, 2.75) is 46.1 Å². The number of nitrogens with one attached hydrogen (secondary N) is 1. The van der Waals surface area contributed by atoms with Crippen LogP contribution in [0, 0.1) is 11.3 Å². The van der Waals surface area contributed by atoms with Crippen molar-refractivity contribution in [2.75, 3.05) is 26.2 Å². The molecule has 1 atom stereocenters. The number of rotatable bonds is 9. The van der Waals surface area contributed by atoms with E-state index in [1.54, 1.807) is 0 Å². The van der Waals surface area contributed by atoms with Crippen molar-refractivity contribution in [1.82, 2.24) is 10.2 Å². The van der Waals surface area contributed by atoms with Crippen molar-refractivity contribution in [1.29, 1.82) is 5.26 Å². The molecule has 15 heavy (non-hydrogen) atoms. The van der Waals surface area contributed by atoms with Gasteiger partial charge in [-0.25, -0.2) is 0 Å². The molecule has 0 fully saturated rings. The van der Waals surface area contributed by atoms with Gasteiger partial charge in [-0.15, -0.1) is 0 Å². The van der Waals surface area contributed by atoms with E-state index in [9.17, 15) is 0 Å². The van der Waals surface area contributed by atoms with Crippen LogP contribution < -0.4 is 5.32 Å². The van der Waals surface area contributed by atoms with E-state index >= 15 is 0 Å².